The molecule has 3 nitrogen and oxygen atoms in total. The summed E-state index contributed by atoms with van der Waals surface area (Å²) in [6, 6.07) is 8.51. The van der Waals surface area contributed by atoms with Gasteiger partial charge in [0.15, 0.2) is 0 Å². The molecule has 0 bridgehead atoms. The number of carbonyl (C=O) groups is 1. The number of nitrogens with one attached hydrogen (secondary N) is 2. The number of rotatable bonds is 4. The molecule has 1 aliphatic carbocycles. The molecule has 122 valence electrons. The molecule has 1 saturated carbocycles. The van der Waals surface area contributed by atoms with Gasteiger partial charge in [-0.1, -0.05) is 32.9 Å². The molecule has 22 heavy (non-hydrogen) atoms. The lowest BCUT2D eigenvalue weighted by molar-refractivity contribution is 0.0963. The first-order chi connectivity index (χ1) is 10.4. The Morgan fingerprint density at radius 2 is 1.68 bits per heavy atom. The van der Waals surface area contributed by atoms with Crippen molar-refractivity contribution >= 4 is 5.91 Å². The van der Waals surface area contributed by atoms with E-state index < -0.39 is 0 Å². The van der Waals surface area contributed by atoms with Crippen LogP contribution in [0.5, 0.6) is 0 Å². The van der Waals surface area contributed by atoms with Crippen molar-refractivity contribution in [2.75, 3.05) is 7.05 Å². The molecule has 0 aromatic heterocycles. The second-order valence-corrected chi connectivity index (χ2v) is 7.57. The van der Waals surface area contributed by atoms with Gasteiger partial charge in [0.25, 0.3) is 5.91 Å². The number of hydrogen-bond acceptors (Lipinski definition) is 2. The molecule has 2 N–H and O–H groups in total. The van der Waals surface area contributed by atoms with Crippen LogP contribution < -0.4 is 10.6 Å². The maximum atomic E-state index is 11.5. The molecule has 0 spiro atoms. The lowest BCUT2D eigenvalue weighted by atomic mass is 9.71. The van der Waals surface area contributed by atoms with Gasteiger partial charge in [0.1, 0.15) is 0 Å². The first kappa shape index (κ1) is 17.0. The minimum atomic E-state index is -0.0278. The fraction of sp³-hybridized carbons (Fsp3) is 0.632. The maximum Gasteiger partial charge on any atom is 0.251 e. The summed E-state index contributed by atoms with van der Waals surface area (Å²) in [5, 5.41) is 6.32. The topological polar surface area (TPSA) is 41.1 Å². The lowest BCUT2D eigenvalue weighted by Gasteiger charge is -2.37. The van der Waals surface area contributed by atoms with Gasteiger partial charge >= 0.3 is 0 Å². The smallest absolute Gasteiger partial charge is 0.251 e. The van der Waals surface area contributed by atoms with Gasteiger partial charge in [-0.15, -0.1) is 0 Å². The summed E-state index contributed by atoms with van der Waals surface area (Å²) in [6.07, 6.45) is 5.21. The predicted octanol–water partition coefficient (Wildman–Crippen LogP) is 3.74. The third kappa shape index (κ3) is 4.57. The average molecular weight is 302 g/mol. The summed E-state index contributed by atoms with van der Waals surface area (Å²) >= 11 is 0. The van der Waals surface area contributed by atoms with Crippen LogP contribution >= 0.6 is 0 Å². The Bertz CT molecular complexity index is 479. The van der Waals surface area contributed by atoms with Crippen LogP contribution in [0, 0.1) is 11.3 Å². The molecule has 3 heteroatoms. The summed E-state index contributed by atoms with van der Waals surface area (Å²) in [7, 11) is 1.66. The van der Waals surface area contributed by atoms with E-state index in [0.29, 0.717) is 11.5 Å². The number of amides is 1. The molecule has 0 atom stereocenters. The Morgan fingerprint density at radius 3 is 2.18 bits per heavy atom. The van der Waals surface area contributed by atoms with Gasteiger partial charge in [0.2, 0.25) is 0 Å². The molecule has 1 aliphatic rings. The second kappa shape index (κ2) is 7.28. The highest BCUT2D eigenvalue weighted by molar-refractivity contribution is 5.93. The Balaban J connectivity index is 1.78. The van der Waals surface area contributed by atoms with Crippen molar-refractivity contribution in [2.45, 2.75) is 59.0 Å². The quantitative estimate of drug-likeness (QED) is 0.889. The summed E-state index contributed by atoms with van der Waals surface area (Å²) in [5.41, 5.74) is 2.41. The van der Waals surface area contributed by atoms with Gasteiger partial charge in [0.05, 0.1) is 0 Å². The maximum absolute atomic E-state index is 11.5. The monoisotopic (exact) mass is 302 g/mol. The normalized spacial score (nSPS) is 22.4. The van der Waals surface area contributed by atoms with E-state index >= 15 is 0 Å². The zero-order valence-electron chi connectivity index (χ0n) is 14.4. The van der Waals surface area contributed by atoms with Crippen molar-refractivity contribution in [2.24, 2.45) is 11.3 Å². The highest BCUT2D eigenvalue weighted by Crippen LogP contribution is 2.37. The van der Waals surface area contributed by atoms with Gasteiger partial charge in [-0.3, -0.25) is 4.79 Å². The van der Waals surface area contributed by atoms with Crippen molar-refractivity contribution in [1.29, 1.82) is 0 Å². The van der Waals surface area contributed by atoms with E-state index in [9.17, 15) is 4.79 Å². The Kier molecular flexibility index (Phi) is 5.63. The predicted molar refractivity (Wildman–Crippen MR) is 91.9 cm³/mol. The average Bonchev–Trinajstić information content (AvgIpc) is 2.52. The molecule has 0 saturated heterocycles. The zero-order chi connectivity index (χ0) is 16.2. The Labute approximate surface area is 134 Å². The number of hydrogen-bond donors (Lipinski definition) is 2. The molecule has 1 fully saturated rings. The summed E-state index contributed by atoms with van der Waals surface area (Å²) < 4.78 is 0. The molecule has 0 unspecified atom stereocenters. The van der Waals surface area contributed by atoms with E-state index in [4.69, 9.17) is 0 Å². The molecular weight excluding hydrogens is 272 g/mol. The minimum absolute atomic E-state index is 0.0278. The SMILES string of the molecule is CNC(=O)c1ccc(CNC2CCC(C(C)(C)C)CC2)cc1. The van der Waals surface area contributed by atoms with E-state index in [2.05, 4.69) is 31.4 Å². The van der Waals surface area contributed by atoms with Gasteiger partial charge < -0.3 is 10.6 Å². The van der Waals surface area contributed by atoms with Crippen molar-refractivity contribution in [3.63, 3.8) is 0 Å². The molecule has 0 radical (unpaired) electrons. The third-order valence-electron chi connectivity index (χ3n) is 4.99. The van der Waals surface area contributed by atoms with Crippen LogP contribution in [0.4, 0.5) is 0 Å². The van der Waals surface area contributed by atoms with Crippen molar-refractivity contribution in [3.05, 3.63) is 35.4 Å². The fourth-order valence-electron chi connectivity index (χ4n) is 3.34. The number of carbonyl (C=O) groups excluding carboxylic acids is 1. The standard InChI is InChI=1S/C19H30N2O/c1-19(2,3)16-9-11-17(12-10-16)21-13-14-5-7-15(8-6-14)18(22)20-4/h5-8,16-17,21H,9-13H2,1-4H3,(H,20,22). The van der Waals surface area contributed by atoms with E-state index in [1.165, 1.54) is 31.2 Å². The van der Waals surface area contributed by atoms with Crippen LogP contribution in [0.15, 0.2) is 24.3 Å². The van der Waals surface area contributed by atoms with Crippen LogP contribution in [0.25, 0.3) is 0 Å². The molecule has 2 rings (SSSR count). The Hall–Kier alpha value is -1.35. The summed E-state index contributed by atoms with van der Waals surface area (Å²) in [6.45, 7) is 7.97. The van der Waals surface area contributed by atoms with E-state index in [1.54, 1.807) is 7.05 Å². The van der Waals surface area contributed by atoms with Gasteiger partial charge in [0, 0.05) is 25.2 Å². The number of benzene rings is 1. The van der Waals surface area contributed by atoms with Crippen LogP contribution in [0.1, 0.15) is 62.4 Å². The van der Waals surface area contributed by atoms with E-state index in [0.717, 1.165) is 18.0 Å². The molecular formula is C19H30N2O. The lowest BCUT2D eigenvalue weighted by Crippen LogP contribution is -2.35. The van der Waals surface area contributed by atoms with E-state index in [-0.39, 0.29) is 5.91 Å². The van der Waals surface area contributed by atoms with Gasteiger partial charge in [-0.05, 0) is 54.7 Å². The minimum Gasteiger partial charge on any atom is -0.355 e. The van der Waals surface area contributed by atoms with Crippen LogP contribution in [-0.2, 0) is 6.54 Å². The molecule has 1 amide bonds. The first-order valence-corrected chi connectivity index (χ1v) is 8.44. The van der Waals surface area contributed by atoms with Gasteiger partial charge in [-0.2, -0.15) is 0 Å². The molecule has 0 heterocycles. The highest BCUT2D eigenvalue weighted by atomic mass is 16.1. The van der Waals surface area contributed by atoms with Crippen LogP contribution in [0.2, 0.25) is 0 Å². The van der Waals surface area contributed by atoms with Gasteiger partial charge in [-0.25, -0.2) is 0 Å². The first-order valence-electron chi connectivity index (χ1n) is 8.44. The van der Waals surface area contributed by atoms with Crippen LogP contribution in [0.3, 0.4) is 0 Å². The van der Waals surface area contributed by atoms with Crippen molar-refractivity contribution in [1.82, 2.24) is 10.6 Å². The zero-order valence-corrected chi connectivity index (χ0v) is 14.4. The highest BCUT2D eigenvalue weighted by Gasteiger charge is 2.29. The summed E-state index contributed by atoms with van der Waals surface area (Å²) in [4.78, 5) is 11.5. The van der Waals surface area contributed by atoms with E-state index in [1.807, 2.05) is 24.3 Å². The molecule has 1 aromatic rings. The van der Waals surface area contributed by atoms with Crippen LogP contribution in [-0.4, -0.2) is 19.0 Å². The molecule has 1 aromatic carbocycles. The summed E-state index contributed by atoms with van der Waals surface area (Å²) in [5.74, 6) is 0.831. The largest absolute Gasteiger partial charge is 0.355 e. The third-order valence-corrected chi connectivity index (χ3v) is 4.99. The van der Waals surface area contributed by atoms with Crippen molar-refractivity contribution < 1.29 is 4.79 Å². The Morgan fingerprint density at radius 1 is 1.09 bits per heavy atom. The fourth-order valence-corrected chi connectivity index (χ4v) is 3.34. The van der Waals surface area contributed by atoms with Crippen molar-refractivity contribution in [3.8, 4) is 0 Å². The second-order valence-electron chi connectivity index (χ2n) is 7.57. The molecule has 0 aliphatic heterocycles.